The fraction of sp³-hybridized carbons (Fsp3) is 0.519. The van der Waals surface area contributed by atoms with Crippen LogP contribution in [0.25, 0.3) is 0 Å². The molecule has 4 N–H and O–H groups in total. The van der Waals surface area contributed by atoms with Gasteiger partial charge >= 0.3 is 23.9 Å². The largest absolute Gasteiger partial charge is 0.480 e. The summed E-state index contributed by atoms with van der Waals surface area (Å²) >= 11 is 0. The molecule has 11 heteroatoms. The van der Waals surface area contributed by atoms with Crippen molar-refractivity contribution in [1.29, 1.82) is 0 Å². The lowest BCUT2D eigenvalue weighted by molar-refractivity contribution is -0.151. The van der Waals surface area contributed by atoms with Gasteiger partial charge in [0.05, 0.1) is 12.6 Å². The molecule has 208 valence electrons. The summed E-state index contributed by atoms with van der Waals surface area (Å²) in [4.78, 5) is 58.2. The van der Waals surface area contributed by atoms with Crippen molar-refractivity contribution in [3.05, 3.63) is 48.0 Å². The Balaban J connectivity index is 0.000000550. The molecule has 3 rings (SSSR count). The van der Waals surface area contributed by atoms with E-state index < -0.39 is 36.0 Å². The zero-order valence-electron chi connectivity index (χ0n) is 21.6. The molecule has 0 bridgehead atoms. The van der Waals surface area contributed by atoms with Crippen molar-refractivity contribution < 1.29 is 44.0 Å². The van der Waals surface area contributed by atoms with E-state index in [0.717, 1.165) is 24.8 Å². The average molecular weight is 533 g/mol. The fourth-order valence-corrected chi connectivity index (χ4v) is 5.03. The van der Waals surface area contributed by atoms with Crippen LogP contribution >= 0.6 is 0 Å². The van der Waals surface area contributed by atoms with Gasteiger partial charge in [-0.05, 0) is 57.4 Å². The Labute approximate surface area is 221 Å². The van der Waals surface area contributed by atoms with Gasteiger partial charge in [-0.3, -0.25) is 14.9 Å². The predicted molar refractivity (Wildman–Crippen MR) is 136 cm³/mol. The van der Waals surface area contributed by atoms with Crippen LogP contribution in [0.1, 0.15) is 51.5 Å². The Kier molecular flexibility index (Phi) is 11.9. The molecule has 0 aromatic heterocycles. The number of benzene rings is 1. The number of carbonyl (C=O) groups is 5. The highest BCUT2D eigenvalue weighted by Crippen LogP contribution is 2.41. The van der Waals surface area contributed by atoms with Crippen LogP contribution in [0, 0.1) is 5.92 Å². The van der Waals surface area contributed by atoms with E-state index in [1.807, 2.05) is 30.3 Å². The second-order valence-electron chi connectivity index (χ2n) is 9.32. The average Bonchev–Trinajstić information content (AvgIpc) is 3.47. The number of esters is 1. The normalized spacial score (nSPS) is 21.6. The quantitative estimate of drug-likeness (QED) is 0.244. The molecule has 5 atom stereocenters. The molecule has 1 aromatic rings. The van der Waals surface area contributed by atoms with E-state index in [9.17, 15) is 29.1 Å². The van der Waals surface area contributed by atoms with E-state index in [2.05, 4.69) is 5.32 Å². The zero-order valence-corrected chi connectivity index (χ0v) is 21.6. The van der Waals surface area contributed by atoms with Crippen LogP contribution in [0.5, 0.6) is 0 Å². The number of carboxylic acid groups (broad SMARTS) is 3. The standard InChI is InChI=1S/C23H32N2O5.C4H4O4/c1-3-30-23(29)18(13-12-16-8-5-4-6-9-16)24-15(2)21(26)25-19-11-7-10-17(19)14-20(25)22(27)28;5-3(6)1-2-4(7)8/h4-6,8-9,15,17-20,24H,3,7,10-14H2,1-2H3,(H,27,28);1-2H,(H,5,6)(H,7,8)/b;2-1-/t15-,17-,18-,19-,20-;/m0./s1. The summed E-state index contributed by atoms with van der Waals surface area (Å²) in [5.41, 5.74) is 1.10. The summed E-state index contributed by atoms with van der Waals surface area (Å²) < 4.78 is 5.21. The molecule has 2 aliphatic rings. The van der Waals surface area contributed by atoms with E-state index in [0.29, 0.717) is 31.4 Å². The highest BCUT2D eigenvalue weighted by molar-refractivity contribution is 5.90. The summed E-state index contributed by atoms with van der Waals surface area (Å²) in [5.74, 6) is -3.83. The van der Waals surface area contributed by atoms with E-state index >= 15 is 0 Å². The highest BCUT2D eigenvalue weighted by atomic mass is 16.5. The van der Waals surface area contributed by atoms with Gasteiger partial charge in [-0.2, -0.15) is 0 Å². The molecule has 38 heavy (non-hydrogen) atoms. The third kappa shape index (κ3) is 8.98. The number of likely N-dealkylation sites (tertiary alicyclic amines) is 1. The minimum absolute atomic E-state index is 0.00629. The lowest BCUT2D eigenvalue weighted by Gasteiger charge is -2.31. The second-order valence-corrected chi connectivity index (χ2v) is 9.32. The maximum atomic E-state index is 13.2. The third-order valence-electron chi connectivity index (χ3n) is 6.70. The van der Waals surface area contributed by atoms with Crippen LogP contribution in [-0.4, -0.2) is 80.8 Å². The second kappa shape index (κ2) is 14.9. The van der Waals surface area contributed by atoms with Crippen LogP contribution in [0.2, 0.25) is 0 Å². The van der Waals surface area contributed by atoms with Gasteiger partial charge in [-0.15, -0.1) is 0 Å². The van der Waals surface area contributed by atoms with Crippen LogP contribution in [0.15, 0.2) is 42.5 Å². The molecular weight excluding hydrogens is 496 g/mol. The van der Waals surface area contributed by atoms with Crippen LogP contribution in [0.4, 0.5) is 0 Å². The third-order valence-corrected chi connectivity index (χ3v) is 6.70. The zero-order chi connectivity index (χ0) is 28.2. The minimum Gasteiger partial charge on any atom is -0.480 e. The van der Waals surface area contributed by atoms with Gasteiger partial charge in [-0.1, -0.05) is 36.8 Å². The molecule has 0 radical (unpaired) electrons. The smallest absolute Gasteiger partial charge is 0.328 e. The van der Waals surface area contributed by atoms with E-state index in [-0.39, 0.29) is 30.4 Å². The lowest BCUT2D eigenvalue weighted by atomic mass is 10.0. The van der Waals surface area contributed by atoms with Gasteiger partial charge in [0.25, 0.3) is 0 Å². The monoisotopic (exact) mass is 532 g/mol. The Morgan fingerprint density at radius 2 is 1.68 bits per heavy atom. The molecule has 1 aliphatic carbocycles. The van der Waals surface area contributed by atoms with Gasteiger partial charge < -0.3 is 25.0 Å². The predicted octanol–water partition coefficient (Wildman–Crippen LogP) is 2.10. The fourth-order valence-electron chi connectivity index (χ4n) is 5.03. The number of hydrogen-bond acceptors (Lipinski definition) is 7. The molecule has 1 heterocycles. The van der Waals surface area contributed by atoms with Gasteiger partial charge in [0, 0.05) is 18.2 Å². The molecule has 2 fully saturated rings. The number of rotatable bonds is 11. The van der Waals surface area contributed by atoms with Crippen molar-refractivity contribution in [3.63, 3.8) is 0 Å². The Morgan fingerprint density at radius 1 is 1.05 bits per heavy atom. The van der Waals surface area contributed by atoms with Crippen molar-refractivity contribution in [2.75, 3.05) is 6.61 Å². The Morgan fingerprint density at radius 3 is 2.24 bits per heavy atom. The molecule has 0 spiro atoms. The summed E-state index contributed by atoms with van der Waals surface area (Å²) in [7, 11) is 0. The number of carboxylic acids is 3. The first kappa shape index (κ1) is 30.5. The van der Waals surface area contributed by atoms with Gasteiger partial charge in [0.15, 0.2) is 0 Å². The van der Waals surface area contributed by atoms with Crippen molar-refractivity contribution in [2.45, 2.75) is 76.5 Å². The number of fused-ring (bicyclic) bond motifs is 1. The molecule has 1 saturated carbocycles. The minimum atomic E-state index is -1.26. The van der Waals surface area contributed by atoms with Crippen LogP contribution < -0.4 is 5.32 Å². The molecule has 1 saturated heterocycles. The van der Waals surface area contributed by atoms with Crippen LogP contribution in [-0.2, 0) is 35.1 Å². The van der Waals surface area contributed by atoms with E-state index in [1.54, 1.807) is 18.7 Å². The van der Waals surface area contributed by atoms with Gasteiger partial charge in [0.2, 0.25) is 5.91 Å². The molecule has 0 unspecified atom stereocenters. The van der Waals surface area contributed by atoms with Crippen LogP contribution in [0.3, 0.4) is 0 Å². The number of amides is 1. The molecule has 1 aromatic carbocycles. The van der Waals surface area contributed by atoms with Gasteiger partial charge in [-0.25, -0.2) is 14.4 Å². The first-order valence-corrected chi connectivity index (χ1v) is 12.7. The summed E-state index contributed by atoms with van der Waals surface area (Å²) in [6.07, 6.45) is 5.65. The molecular formula is C27H36N2O9. The SMILES string of the molecule is CCOC(=O)[C@H](CCc1ccccc1)N[C@@H](C)C(=O)N1[C@H](C(=O)O)C[C@@H]2CCC[C@@H]21.O=C(O)/C=C\C(=O)O. The summed E-state index contributed by atoms with van der Waals surface area (Å²) in [6.45, 7) is 3.72. The van der Waals surface area contributed by atoms with Crippen molar-refractivity contribution in [1.82, 2.24) is 10.2 Å². The Hall–Kier alpha value is -3.73. The number of nitrogens with one attached hydrogen (secondary N) is 1. The summed E-state index contributed by atoms with van der Waals surface area (Å²) in [6, 6.07) is 7.76. The van der Waals surface area contributed by atoms with Gasteiger partial charge in [0.1, 0.15) is 12.1 Å². The number of aryl methyl sites for hydroxylation is 1. The van der Waals surface area contributed by atoms with Crippen molar-refractivity contribution in [2.24, 2.45) is 5.92 Å². The maximum absolute atomic E-state index is 13.2. The first-order chi connectivity index (χ1) is 18.0. The maximum Gasteiger partial charge on any atom is 0.328 e. The number of nitrogens with zero attached hydrogens (tertiary/aromatic N) is 1. The number of hydrogen-bond donors (Lipinski definition) is 4. The van der Waals surface area contributed by atoms with E-state index in [4.69, 9.17) is 14.9 Å². The van der Waals surface area contributed by atoms with Crippen molar-refractivity contribution in [3.8, 4) is 0 Å². The highest BCUT2D eigenvalue weighted by Gasteiger charge is 2.49. The topological polar surface area (TPSA) is 171 Å². The number of ether oxygens (including phenoxy) is 1. The molecule has 1 aliphatic heterocycles. The van der Waals surface area contributed by atoms with Crippen molar-refractivity contribution >= 4 is 29.8 Å². The first-order valence-electron chi connectivity index (χ1n) is 12.7. The Bertz CT molecular complexity index is 995. The molecule has 1 amide bonds. The molecule has 11 nitrogen and oxygen atoms in total. The number of aliphatic carboxylic acids is 3. The van der Waals surface area contributed by atoms with E-state index in [1.165, 1.54) is 0 Å². The lowest BCUT2D eigenvalue weighted by Crippen LogP contribution is -2.55. The summed E-state index contributed by atoms with van der Waals surface area (Å²) in [5, 5.41) is 28.4. The number of carbonyl (C=O) groups excluding carboxylic acids is 2.